The van der Waals surface area contributed by atoms with Crippen LogP contribution < -0.4 is 10.2 Å². The molecule has 0 bridgehead atoms. The summed E-state index contributed by atoms with van der Waals surface area (Å²) in [6.07, 6.45) is 7.54. The number of allylic oxidation sites excluding steroid dienone is 3. The van der Waals surface area contributed by atoms with Crippen LogP contribution in [0.15, 0.2) is 42.1 Å². The molecule has 1 saturated heterocycles. The topological polar surface area (TPSA) is 36.3 Å². The number of piperazine rings is 1. The van der Waals surface area contributed by atoms with E-state index in [1.54, 1.807) is 0 Å². The zero-order valence-electron chi connectivity index (χ0n) is 13.9. The Morgan fingerprint density at radius 1 is 0.958 bits per heavy atom. The van der Waals surface area contributed by atoms with E-state index in [9.17, 15) is 0 Å². The van der Waals surface area contributed by atoms with Crippen LogP contribution in [0.2, 0.25) is 0 Å². The molecule has 3 heterocycles. The fourth-order valence-electron chi connectivity index (χ4n) is 3.94. The van der Waals surface area contributed by atoms with E-state index in [1.807, 2.05) is 0 Å². The molecule has 1 aromatic carbocycles. The van der Waals surface area contributed by atoms with Gasteiger partial charge >= 0.3 is 0 Å². The molecule has 5 nitrogen and oxygen atoms in total. The fourth-order valence-corrected chi connectivity index (χ4v) is 3.94. The number of fused-ring (bicyclic) bond motifs is 3. The monoisotopic (exact) mass is 321 g/mol. The molecule has 5 heteroatoms. The van der Waals surface area contributed by atoms with Gasteiger partial charge in [0.05, 0.1) is 11.0 Å². The highest BCUT2D eigenvalue weighted by Gasteiger charge is 2.20. The maximum Gasteiger partial charge on any atom is 0.111 e. The summed E-state index contributed by atoms with van der Waals surface area (Å²) in [5, 5.41) is 3.43. The Morgan fingerprint density at radius 2 is 1.83 bits per heavy atom. The highest BCUT2D eigenvalue weighted by Crippen LogP contribution is 2.26. The van der Waals surface area contributed by atoms with Crippen molar-refractivity contribution in [2.24, 2.45) is 0 Å². The number of hydrogen-bond acceptors (Lipinski definition) is 4. The van der Waals surface area contributed by atoms with E-state index in [0.717, 1.165) is 57.8 Å². The van der Waals surface area contributed by atoms with E-state index in [-0.39, 0.29) is 0 Å². The number of rotatable bonds is 2. The molecule has 1 fully saturated rings. The van der Waals surface area contributed by atoms with Crippen molar-refractivity contribution in [2.75, 3.05) is 44.2 Å². The van der Waals surface area contributed by atoms with Crippen LogP contribution in [-0.2, 0) is 13.0 Å². The molecule has 3 aliphatic rings. The van der Waals surface area contributed by atoms with Crippen molar-refractivity contribution < 1.29 is 0 Å². The predicted octanol–water partition coefficient (Wildman–Crippen LogP) is 1.76. The molecule has 124 valence electrons. The summed E-state index contributed by atoms with van der Waals surface area (Å²) in [5.74, 6) is 1.23. The highest BCUT2D eigenvalue weighted by atomic mass is 15.2. The first-order valence-corrected chi connectivity index (χ1v) is 8.97. The molecule has 1 N–H and O–H groups in total. The van der Waals surface area contributed by atoms with Crippen molar-refractivity contribution in [3.8, 4) is 0 Å². The normalized spacial score (nSPS) is 20.6. The van der Waals surface area contributed by atoms with Gasteiger partial charge in [0, 0.05) is 63.6 Å². The van der Waals surface area contributed by atoms with E-state index < -0.39 is 0 Å². The van der Waals surface area contributed by atoms with E-state index in [4.69, 9.17) is 4.98 Å². The van der Waals surface area contributed by atoms with Crippen molar-refractivity contribution in [3.63, 3.8) is 0 Å². The van der Waals surface area contributed by atoms with Crippen LogP contribution in [0, 0.1) is 0 Å². The van der Waals surface area contributed by atoms with Gasteiger partial charge in [-0.2, -0.15) is 0 Å². The number of nitrogens with zero attached hydrogens (tertiary/aromatic N) is 4. The van der Waals surface area contributed by atoms with Crippen LogP contribution in [0.25, 0.3) is 11.0 Å². The van der Waals surface area contributed by atoms with Crippen molar-refractivity contribution in [2.45, 2.75) is 13.0 Å². The van der Waals surface area contributed by atoms with Gasteiger partial charge in [0.2, 0.25) is 0 Å². The Hall–Kier alpha value is -2.27. The molecule has 2 aromatic rings. The minimum absolute atomic E-state index is 1.02. The summed E-state index contributed by atoms with van der Waals surface area (Å²) in [6.45, 7) is 7.44. The minimum atomic E-state index is 1.02. The molecule has 2 aliphatic heterocycles. The SMILES string of the molecule is C1=CC(N2CCc3nc4ccc(N5CCNCC5)cc4n3CC2)=C1. The van der Waals surface area contributed by atoms with Gasteiger partial charge in [0.1, 0.15) is 5.82 Å². The number of hydrogen-bond donors (Lipinski definition) is 1. The standard InChI is InChI=1S/C19H23N5/c1-2-15(3-1)22-9-6-19-21-17-5-4-16(23-10-7-20-8-11-23)14-18(17)24(19)13-12-22/h1-5,14,20H,6-13H2. The van der Waals surface area contributed by atoms with E-state index in [0.29, 0.717) is 0 Å². The maximum atomic E-state index is 4.91. The van der Waals surface area contributed by atoms with Gasteiger partial charge in [-0.1, -0.05) is 6.08 Å². The predicted molar refractivity (Wildman–Crippen MR) is 97.3 cm³/mol. The lowest BCUT2D eigenvalue weighted by molar-refractivity contribution is 0.359. The third kappa shape index (κ3) is 2.31. The second-order valence-electron chi connectivity index (χ2n) is 6.78. The molecular weight excluding hydrogens is 298 g/mol. The van der Waals surface area contributed by atoms with Crippen molar-refractivity contribution in [3.05, 3.63) is 47.9 Å². The Morgan fingerprint density at radius 3 is 2.62 bits per heavy atom. The molecule has 0 saturated carbocycles. The Bertz CT molecular complexity index is 826. The molecule has 0 amide bonds. The van der Waals surface area contributed by atoms with Crippen LogP contribution in [0.3, 0.4) is 0 Å². The molecule has 0 spiro atoms. The summed E-state index contributed by atoms with van der Waals surface area (Å²) < 4.78 is 2.43. The summed E-state index contributed by atoms with van der Waals surface area (Å²) in [4.78, 5) is 9.85. The van der Waals surface area contributed by atoms with Crippen LogP contribution in [0.1, 0.15) is 5.82 Å². The molecule has 0 unspecified atom stereocenters. The quantitative estimate of drug-likeness (QED) is 0.914. The van der Waals surface area contributed by atoms with E-state index >= 15 is 0 Å². The number of benzene rings is 1. The first-order valence-electron chi connectivity index (χ1n) is 8.97. The number of imidazole rings is 1. The molecule has 0 radical (unpaired) electrons. The van der Waals surface area contributed by atoms with Gasteiger partial charge in [-0.05, 0) is 30.4 Å². The summed E-state index contributed by atoms with van der Waals surface area (Å²) in [5.41, 5.74) is 5.13. The third-order valence-corrected chi connectivity index (χ3v) is 5.39. The van der Waals surface area contributed by atoms with Gasteiger partial charge < -0.3 is 19.7 Å². The van der Waals surface area contributed by atoms with Gasteiger partial charge in [0.15, 0.2) is 0 Å². The lowest BCUT2D eigenvalue weighted by Gasteiger charge is -2.29. The first kappa shape index (κ1) is 14.1. The largest absolute Gasteiger partial charge is 0.369 e. The lowest BCUT2D eigenvalue weighted by atomic mass is 10.2. The first-order chi connectivity index (χ1) is 11.9. The number of nitrogens with one attached hydrogen (secondary N) is 1. The van der Waals surface area contributed by atoms with Crippen LogP contribution in [0.5, 0.6) is 0 Å². The summed E-state index contributed by atoms with van der Waals surface area (Å²) in [7, 11) is 0. The fraction of sp³-hybridized carbons (Fsp3) is 0.421. The van der Waals surface area contributed by atoms with E-state index in [1.165, 1.54) is 22.7 Å². The zero-order valence-corrected chi connectivity index (χ0v) is 13.9. The highest BCUT2D eigenvalue weighted by molar-refractivity contribution is 5.80. The van der Waals surface area contributed by atoms with Crippen molar-refractivity contribution in [1.82, 2.24) is 19.8 Å². The smallest absolute Gasteiger partial charge is 0.111 e. The molecular formula is C19H23N5. The Balaban J connectivity index is 1.46. The van der Waals surface area contributed by atoms with Crippen LogP contribution in [-0.4, -0.2) is 53.7 Å². The molecule has 1 aliphatic carbocycles. The zero-order chi connectivity index (χ0) is 15.9. The minimum Gasteiger partial charge on any atom is -0.369 e. The molecule has 0 atom stereocenters. The summed E-state index contributed by atoms with van der Waals surface area (Å²) in [6, 6.07) is 6.77. The Kier molecular flexibility index (Phi) is 3.33. The van der Waals surface area contributed by atoms with Gasteiger partial charge in [-0.3, -0.25) is 0 Å². The molecule has 24 heavy (non-hydrogen) atoms. The summed E-state index contributed by atoms with van der Waals surface area (Å²) >= 11 is 0. The average Bonchev–Trinajstić information content (AvgIpc) is 2.80. The number of anilines is 1. The number of aromatic nitrogens is 2. The average molecular weight is 321 g/mol. The van der Waals surface area contributed by atoms with E-state index in [2.05, 4.69) is 56.1 Å². The van der Waals surface area contributed by atoms with Crippen molar-refractivity contribution in [1.29, 1.82) is 0 Å². The maximum absolute atomic E-state index is 4.91. The van der Waals surface area contributed by atoms with Crippen LogP contribution >= 0.6 is 0 Å². The molecule has 5 rings (SSSR count). The van der Waals surface area contributed by atoms with Gasteiger partial charge in [0.25, 0.3) is 0 Å². The van der Waals surface area contributed by atoms with Crippen LogP contribution in [0.4, 0.5) is 5.69 Å². The molecule has 1 aromatic heterocycles. The van der Waals surface area contributed by atoms with Gasteiger partial charge in [-0.15, -0.1) is 0 Å². The van der Waals surface area contributed by atoms with Gasteiger partial charge in [-0.25, -0.2) is 4.98 Å². The van der Waals surface area contributed by atoms with Crippen molar-refractivity contribution >= 4 is 16.7 Å². The second kappa shape index (κ2) is 5.67. The third-order valence-electron chi connectivity index (χ3n) is 5.39. The second-order valence-corrected chi connectivity index (χ2v) is 6.78. The lowest BCUT2D eigenvalue weighted by Crippen LogP contribution is -2.43. The Labute approximate surface area is 142 Å².